The highest BCUT2D eigenvalue weighted by Crippen LogP contribution is 2.29. The number of anilines is 1. The van der Waals surface area contributed by atoms with Gasteiger partial charge in [-0.3, -0.25) is 9.59 Å². The Kier molecular flexibility index (Phi) is 4.87. The third-order valence-corrected chi connectivity index (χ3v) is 4.95. The highest BCUT2D eigenvalue weighted by molar-refractivity contribution is 6.31. The summed E-state index contributed by atoms with van der Waals surface area (Å²) < 4.78 is 0. The smallest absolute Gasteiger partial charge is 0.239 e. The van der Waals surface area contributed by atoms with Crippen molar-refractivity contribution in [2.75, 3.05) is 38.1 Å². The Morgan fingerprint density at radius 2 is 2.17 bits per heavy atom. The molecule has 2 saturated heterocycles. The molecule has 0 bridgehead atoms. The predicted octanol–water partition coefficient (Wildman–Crippen LogP) is 1.76. The standard InChI is InChI=1S/C17H22ClN3O2/c1-19-10-12-5-7-20(11-12)16(22)15-6-8-21(17(15)23)14-4-2-3-13(18)9-14/h2-4,9,12,15,19H,5-8,10-11H2,1H3. The second-order valence-corrected chi connectivity index (χ2v) is 6.74. The summed E-state index contributed by atoms with van der Waals surface area (Å²) >= 11 is 6.00. The molecule has 2 aliphatic heterocycles. The van der Waals surface area contributed by atoms with Gasteiger partial charge in [0, 0.05) is 30.3 Å². The molecule has 0 radical (unpaired) electrons. The second-order valence-electron chi connectivity index (χ2n) is 6.31. The molecule has 5 nitrogen and oxygen atoms in total. The predicted molar refractivity (Wildman–Crippen MR) is 90.5 cm³/mol. The fraction of sp³-hybridized carbons (Fsp3) is 0.529. The van der Waals surface area contributed by atoms with Gasteiger partial charge in [-0.15, -0.1) is 0 Å². The van der Waals surface area contributed by atoms with Crippen LogP contribution in [0.15, 0.2) is 24.3 Å². The molecule has 2 atom stereocenters. The van der Waals surface area contributed by atoms with Crippen LogP contribution in [0, 0.1) is 11.8 Å². The number of carbonyl (C=O) groups is 2. The summed E-state index contributed by atoms with van der Waals surface area (Å²) in [4.78, 5) is 28.9. The molecule has 124 valence electrons. The summed E-state index contributed by atoms with van der Waals surface area (Å²) in [6.07, 6.45) is 1.59. The van der Waals surface area contributed by atoms with E-state index in [9.17, 15) is 9.59 Å². The maximum Gasteiger partial charge on any atom is 0.239 e. The monoisotopic (exact) mass is 335 g/mol. The van der Waals surface area contributed by atoms with Gasteiger partial charge >= 0.3 is 0 Å². The van der Waals surface area contributed by atoms with Crippen molar-refractivity contribution >= 4 is 29.1 Å². The summed E-state index contributed by atoms with van der Waals surface area (Å²) in [5.41, 5.74) is 0.771. The number of hydrogen-bond donors (Lipinski definition) is 1. The minimum atomic E-state index is -0.540. The summed E-state index contributed by atoms with van der Waals surface area (Å²) in [6.45, 7) is 2.99. The highest BCUT2D eigenvalue weighted by Gasteiger charge is 2.41. The summed E-state index contributed by atoms with van der Waals surface area (Å²) in [6, 6.07) is 7.23. The molecule has 23 heavy (non-hydrogen) atoms. The number of carbonyl (C=O) groups excluding carboxylic acids is 2. The lowest BCUT2D eigenvalue weighted by Crippen LogP contribution is -2.39. The number of likely N-dealkylation sites (tertiary alicyclic amines) is 1. The van der Waals surface area contributed by atoms with E-state index >= 15 is 0 Å². The van der Waals surface area contributed by atoms with E-state index in [4.69, 9.17) is 11.6 Å². The van der Waals surface area contributed by atoms with Crippen LogP contribution in [0.1, 0.15) is 12.8 Å². The van der Waals surface area contributed by atoms with Crippen molar-refractivity contribution in [3.63, 3.8) is 0 Å². The average molecular weight is 336 g/mol. The van der Waals surface area contributed by atoms with Crippen molar-refractivity contribution in [1.29, 1.82) is 0 Å². The highest BCUT2D eigenvalue weighted by atomic mass is 35.5. The first-order valence-electron chi connectivity index (χ1n) is 8.10. The molecule has 1 aromatic rings. The maximum absolute atomic E-state index is 12.7. The van der Waals surface area contributed by atoms with Crippen molar-refractivity contribution in [2.24, 2.45) is 11.8 Å². The zero-order valence-corrected chi connectivity index (χ0v) is 14.1. The lowest BCUT2D eigenvalue weighted by molar-refractivity contribution is -0.139. The molecule has 1 aromatic carbocycles. The van der Waals surface area contributed by atoms with E-state index in [0.29, 0.717) is 23.9 Å². The van der Waals surface area contributed by atoms with Crippen LogP contribution in [0.2, 0.25) is 5.02 Å². The third kappa shape index (κ3) is 3.35. The molecule has 2 fully saturated rings. The van der Waals surface area contributed by atoms with Crippen LogP contribution >= 0.6 is 11.6 Å². The molecule has 6 heteroatoms. The van der Waals surface area contributed by atoms with Crippen molar-refractivity contribution in [3.8, 4) is 0 Å². The molecule has 2 heterocycles. The van der Waals surface area contributed by atoms with Crippen LogP contribution in [0.3, 0.4) is 0 Å². The van der Waals surface area contributed by atoms with Crippen molar-refractivity contribution in [1.82, 2.24) is 10.2 Å². The fourth-order valence-corrected chi connectivity index (χ4v) is 3.70. The summed E-state index contributed by atoms with van der Waals surface area (Å²) in [7, 11) is 1.92. The Labute approximate surface area is 141 Å². The second kappa shape index (κ2) is 6.89. The Balaban J connectivity index is 1.66. The van der Waals surface area contributed by atoms with Crippen molar-refractivity contribution in [3.05, 3.63) is 29.3 Å². The van der Waals surface area contributed by atoms with Gasteiger partial charge in [0.1, 0.15) is 5.92 Å². The first-order chi connectivity index (χ1) is 11.1. The normalized spacial score (nSPS) is 24.5. The van der Waals surface area contributed by atoms with Gasteiger partial charge < -0.3 is 15.1 Å². The number of hydrogen-bond acceptors (Lipinski definition) is 3. The van der Waals surface area contributed by atoms with Gasteiger partial charge in [-0.2, -0.15) is 0 Å². The van der Waals surface area contributed by atoms with Crippen molar-refractivity contribution < 1.29 is 9.59 Å². The van der Waals surface area contributed by atoms with Crippen LogP contribution < -0.4 is 10.2 Å². The molecule has 2 aliphatic rings. The topological polar surface area (TPSA) is 52.7 Å². The number of halogens is 1. The summed E-state index contributed by atoms with van der Waals surface area (Å²) in [5, 5.41) is 3.75. The molecular weight excluding hydrogens is 314 g/mol. The molecule has 2 amide bonds. The van der Waals surface area contributed by atoms with Gasteiger partial charge in [-0.25, -0.2) is 0 Å². The fourth-order valence-electron chi connectivity index (χ4n) is 3.52. The zero-order chi connectivity index (χ0) is 16.4. The molecular formula is C17H22ClN3O2. The van der Waals surface area contributed by atoms with Crippen molar-refractivity contribution in [2.45, 2.75) is 12.8 Å². The number of nitrogens with zero attached hydrogens (tertiary/aromatic N) is 2. The molecule has 0 spiro atoms. The van der Waals surface area contributed by atoms with Gasteiger partial charge in [0.15, 0.2) is 0 Å². The maximum atomic E-state index is 12.7. The zero-order valence-electron chi connectivity index (χ0n) is 13.3. The largest absolute Gasteiger partial charge is 0.342 e. The number of amides is 2. The van der Waals surface area contributed by atoms with Crippen LogP contribution in [0.4, 0.5) is 5.69 Å². The quantitative estimate of drug-likeness (QED) is 0.853. The van der Waals surface area contributed by atoms with Gasteiger partial charge in [-0.05, 0) is 50.6 Å². The van der Waals surface area contributed by atoms with E-state index in [1.807, 2.05) is 24.1 Å². The lowest BCUT2D eigenvalue weighted by Gasteiger charge is -2.21. The Hall–Kier alpha value is -1.59. The van der Waals surface area contributed by atoms with E-state index in [2.05, 4.69) is 5.32 Å². The van der Waals surface area contributed by atoms with E-state index < -0.39 is 5.92 Å². The molecule has 0 saturated carbocycles. The SMILES string of the molecule is CNCC1CCN(C(=O)C2CCN(c3cccc(Cl)c3)C2=O)C1. The van der Waals surface area contributed by atoms with Crippen LogP contribution in [0.5, 0.6) is 0 Å². The van der Waals surface area contributed by atoms with Gasteiger partial charge in [0.25, 0.3) is 0 Å². The van der Waals surface area contributed by atoms with Crippen LogP contribution in [-0.2, 0) is 9.59 Å². The van der Waals surface area contributed by atoms with Crippen LogP contribution in [0.25, 0.3) is 0 Å². The Bertz CT molecular complexity index is 607. The van der Waals surface area contributed by atoms with Gasteiger partial charge in [0.05, 0.1) is 0 Å². The van der Waals surface area contributed by atoms with Gasteiger partial charge in [-0.1, -0.05) is 17.7 Å². The molecule has 0 aliphatic carbocycles. The molecule has 3 rings (SSSR count). The lowest BCUT2D eigenvalue weighted by atomic mass is 10.1. The number of benzene rings is 1. The van der Waals surface area contributed by atoms with Gasteiger partial charge in [0.2, 0.25) is 11.8 Å². The first kappa shape index (κ1) is 16.3. The number of rotatable bonds is 4. The van der Waals surface area contributed by atoms with E-state index in [1.165, 1.54) is 0 Å². The number of nitrogens with one attached hydrogen (secondary N) is 1. The first-order valence-corrected chi connectivity index (χ1v) is 8.48. The van der Waals surface area contributed by atoms with Crippen LogP contribution in [-0.4, -0.2) is 49.9 Å². The molecule has 0 aromatic heterocycles. The molecule has 1 N–H and O–H groups in total. The van der Waals surface area contributed by atoms with E-state index in [1.54, 1.807) is 17.0 Å². The minimum Gasteiger partial charge on any atom is -0.342 e. The average Bonchev–Trinajstić information content (AvgIpc) is 3.14. The van der Waals surface area contributed by atoms with E-state index in [0.717, 1.165) is 31.7 Å². The third-order valence-electron chi connectivity index (χ3n) is 4.71. The van der Waals surface area contributed by atoms with E-state index in [-0.39, 0.29) is 11.8 Å². The summed E-state index contributed by atoms with van der Waals surface area (Å²) in [5.74, 6) is -0.167. The Morgan fingerprint density at radius 3 is 2.91 bits per heavy atom. The minimum absolute atomic E-state index is 0.0156. The molecule has 2 unspecified atom stereocenters. The Morgan fingerprint density at radius 1 is 1.35 bits per heavy atom.